The Morgan fingerprint density at radius 1 is 1.28 bits per heavy atom. The number of aliphatic imine (C=N–C) groups is 1. The topological polar surface area (TPSA) is 85.3 Å². The molecule has 1 aromatic carbocycles. The van der Waals surface area contributed by atoms with E-state index in [2.05, 4.69) is 4.99 Å². The van der Waals surface area contributed by atoms with Crippen LogP contribution in [0.3, 0.4) is 0 Å². The van der Waals surface area contributed by atoms with Crippen molar-refractivity contribution in [1.29, 1.82) is 0 Å². The fourth-order valence-electron chi connectivity index (χ4n) is 3.12. The van der Waals surface area contributed by atoms with Gasteiger partial charge in [-0.05, 0) is 12.1 Å². The van der Waals surface area contributed by atoms with Crippen LogP contribution >= 0.6 is 11.8 Å². The van der Waals surface area contributed by atoms with E-state index in [0.29, 0.717) is 16.7 Å². The first-order valence-electron chi connectivity index (χ1n) is 8.02. The molecule has 1 aromatic rings. The largest absolute Gasteiger partial charge is 0.454 e. The molecule has 3 heterocycles. The molecule has 2 fully saturated rings. The van der Waals surface area contributed by atoms with Crippen molar-refractivity contribution in [3.05, 3.63) is 18.2 Å². The van der Waals surface area contributed by atoms with E-state index in [0.717, 1.165) is 5.69 Å². The van der Waals surface area contributed by atoms with Crippen LogP contribution in [0.25, 0.3) is 0 Å². The van der Waals surface area contributed by atoms with E-state index in [-0.39, 0.29) is 41.4 Å². The lowest BCUT2D eigenvalue weighted by Gasteiger charge is -2.24. The predicted molar refractivity (Wildman–Crippen MR) is 96.1 cm³/mol. The lowest BCUT2D eigenvalue weighted by atomic mass is 10.2. The Balaban J connectivity index is 1.75. The van der Waals surface area contributed by atoms with Gasteiger partial charge in [0.1, 0.15) is 0 Å². The minimum atomic E-state index is -3.08. The number of ether oxygens (including phenoxy) is 2. The van der Waals surface area contributed by atoms with E-state index in [1.54, 1.807) is 19.9 Å². The molecule has 3 aliphatic heterocycles. The number of carbonyl (C=O) groups excluding carboxylic acids is 1. The molecule has 0 bridgehead atoms. The van der Waals surface area contributed by atoms with Gasteiger partial charge in [-0.25, -0.2) is 8.42 Å². The summed E-state index contributed by atoms with van der Waals surface area (Å²) in [5, 5.41) is 0.441. The molecular formula is C16H18N2O5S2. The highest BCUT2D eigenvalue weighted by atomic mass is 32.2. The number of fused-ring (bicyclic) bond motifs is 2. The molecule has 4 rings (SSSR count). The van der Waals surface area contributed by atoms with Gasteiger partial charge in [-0.2, -0.15) is 4.99 Å². The molecule has 7 nitrogen and oxygen atoms in total. The summed E-state index contributed by atoms with van der Waals surface area (Å²) in [6.07, 6.45) is 0. The van der Waals surface area contributed by atoms with E-state index < -0.39 is 9.84 Å². The minimum absolute atomic E-state index is 0.0635. The fraction of sp³-hybridized carbons (Fsp3) is 0.500. The highest BCUT2D eigenvalue weighted by Crippen LogP contribution is 2.43. The van der Waals surface area contributed by atoms with Crippen molar-refractivity contribution < 1.29 is 22.7 Å². The summed E-state index contributed by atoms with van der Waals surface area (Å²) in [7, 11) is -3.08. The van der Waals surface area contributed by atoms with Crippen LogP contribution in [-0.4, -0.2) is 49.1 Å². The monoisotopic (exact) mass is 382 g/mol. The molecule has 25 heavy (non-hydrogen) atoms. The van der Waals surface area contributed by atoms with Gasteiger partial charge in [0.05, 0.1) is 17.5 Å². The molecule has 0 saturated carbocycles. The molecule has 1 amide bonds. The molecule has 0 N–H and O–H groups in total. The van der Waals surface area contributed by atoms with Crippen molar-refractivity contribution in [3.8, 4) is 11.5 Å². The lowest BCUT2D eigenvalue weighted by Crippen LogP contribution is -2.37. The van der Waals surface area contributed by atoms with Crippen LogP contribution in [0.2, 0.25) is 0 Å². The zero-order valence-electron chi connectivity index (χ0n) is 13.8. The molecular weight excluding hydrogens is 364 g/mol. The average Bonchev–Trinajstić information content (AvgIpc) is 3.18. The molecule has 2 unspecified atom stereocenters. The molecule has 9 heteroatoms. The molecule has 0 aromatic heterocycles. The van der Waals surface area contributed by atoms with E-state index in [9.17, 15) is 13.2 Å². The first-order chi connectivity index (χ1) is 11.8. The third-order valence-electron chi connectivity index (χ3n) is 4.40. The van der Waals surface area contributed by atoms with Crippen molar-refractivity contribution >= 4 is 38.4 Å². The van der Waals surface area contributed by atoms with E-state index >= 15 is 0 Å². The quantitative estimate of drug-likeness (QED) is 0.769. The Labute approximate surface area is 150 Å². The summed E-state index contributed by atoms with van der Waals surface area (Å²) in [6.45, 7) is 3.76. The van der Waals surface area contributed by atoms with Crippen molar-refractivity contribution in [2.75, 3.05) is 23.2 Å². The van der Waals surface area contributed by atoms with E-state index in [1.165, 1.54) is 11.8 Å². The maximum atomic E-state index is 12.1. The Morgan fingerprint density at radius 3 is 2.80 bits per heavy atom. The number of anilines is 1. The van der Waals surface area contributed by atoms with Gasteiger partial charge in [-0.1, -0.05) is 25.6 Å². The zero-order chi connectivity index (χ0) is 17.8. The number of sulfone groups is 1. The molecule has 3 aliphatic rings. The molecule has 2 saturated heterocycles. The molecule has 134 valence electrons. The Hall–Kier alpha value is -1.74. The van der Waals surface area contributed by atoms with Crippen molar-refractivity contribution in [1.82, 2.24) is 0 Å². The van der Waals surface area contributed by atoms with Crippen LogP contribution in [-0.2, 0) is 14.6 Å². The van der Waals surface area contributed by atoms with Gasteiger partial charge in [0.2, 0.25) is 6.79 Å². The Bertz CT molecular complexity index is 865. The number of amidine groups is 1. The molecule has 0 aliphatic carbocycles. The van der Waals surface area contributed by atoms with Crippen LogP contribution in [0, 0.1) is 5.92 Å². The normalized spacial score (nSPS) is 28.0. The standard InChI is InChI=1S/C16H18N2O5S2/c1-9(2)15(19)17-16-18(11-6-25(20,21)7-14(11)24-16)10-3-4-12-13(5-10)23-8-22-12/h3-5,9,11,14H,6-8H2,1-2H3. The third-order valence-corrected chi connectivity index (χ3v) is 7.61. The highest BCUT2D eigenvalue weighted by Gasteiger charge is 2.49. The van der Waals surface area contributed by atoms with Crippen molar-refractivity contribution in [3.63, 3.8) is 0 Å². The number of thioether (sulfide) groups is 1. The second kappa shape index (κ2) is 5.91. The Morgan fingerprint density at radius 2 is 2.04 bits per heavy atom. The molecule has 0 spiro atoms. The van der Waals surface area contributed by atoms with Crippen LogP contribution in [0.5, 0.6) is 11.5 Å². The SMILES string of the molecule is CC(C)C(=O)N=C1SC2CS(=O)(=O)CC2N1c1ccc2c(c1)OCO2. The van der Waals surface area contributed by atoms with Gasteiger partial charge in [0.25, 0.3) is 5.91 Å². The van der Waals surface area contributed by atoms with Crippen LogP contribution in [0.4, 0.5) is 5.69 Å². The lowest BCUT2D eigenvalue weighted by molar-refractivity contribution is -0.120. The smallest absolute Gasteiger partial charge is 0.250 e. The van der Waals surface area contributed by atoms with Gasteiger partial charge in [0, 0.05) is 22.9 Å². The number of nitrogens with zero attached hydrogens (tertiary/aromatic N) is 2. The first-order valence-corrected chi connectivity index (χ1v) is 10.7. The zero-order valence-corrected chi connectivity index (χ0v) is 15.5. The van der Waals surface area contributed by atoms with Crippen molar-refractivity contribution in [2.24, 2.45) is 10.9 Å². The van der Waals surface area contributed by atoms with Crippen molar-refractivity contribution in [2.45, 2.75) is 25.1 Å². The van der Waals surface area contributed by atoms with Gasteiger partial charge in [0.15, 0.2) is 26.5 Å². The van der Waals surface area contributed by atoms with Crippen LogP contribution < -0.4 is 14.4 Å². The number of amides is 1. The number of carbonyl (C=O) groups is 1. The van der Waals surface area contributed by atoms with Crippen LogP contribution in [0.15, 0.2) is 23.2 Å². The number of hydrogen-bond acceptors (Lipinski definition) is 6. The predicted octanol–water partition coefficient (Wildman–Crippen LogP) is 1.67. The number of benzene rings is 1. The molecule has 2 atom stereocenters. The fourth-order valence-corrected chi connectivity index (χ4v) is 7.04. The van der Waals surface area contributed by atoms with E-state index in [4.69, 9.17) is 9.47 Å². The summed E-state index contributed by atoms with van der Waals surface area (Å²) in [5.74, 6) is 1.02. The summed E-state index contributed by atoms with van der Waals surface area (Å²) in [5.41, 5.74) is 0.761. The van der Waals surface area contributed by atoms with Crippen LogP contribution in [0.1, 0.15) is 13.8 Å². The van der Waals surface area contributed by atoms with E-state index in [1.807, 2.05) is 17.0 Å². The summed E-state index contributed by atoms with van der Waals surface area (Å²) in [4.78, 5) is 18.2. The van der Waals surface area contributed by atoms with Gasteiger partial charge in [-0.3, -0.25) is 4.79 Å². The number of hydrogen-bond donors (Lipinski definition) is 0. The average molecular weight is 382 g/mol. The maximum absolute atomic E-state index is 12.1. The summed E-state index contributed by atoms with van der Waals surface area (Å²) < 4.78 is 34.9. The Kier molecular flexibility index (Phi) is 3.95. The number of rotatable bonds is 2. The first kappa shape index (κ1) is 16.7. The van der Waals surface area contributed by atoms with Gasteiger partial charge < -0.3 is 14.4 Å². The minimum Gasteiger partial charge on any atom is -0.454 e. The maximum Gasteiger partial charge on any atom is 0.250 e. The molecule has 0 radical (unpaired) electrons. The second-order valence-corrected chi connectivity index (χ2v) is 9.96. The summed E-state index contributed by atoms with van der Waals surface area (Å²) in [6, 6.07) is 5.22. The third kappa shape index (κ3) is 2.99. The van der Waals surface area contributed by atoms with Gasteiger partial charge in [-0.15, -0.1) is 0 Å². The summed E-state index contributed by atoms with van der Waals surface area (Å²) >= 11 is 1.37. The second-order valence-electron chi connectivity index (χ2n) is 6.60. The highest BCUT2D eigenvalue weighted by molar-refractivity contribution is 8.16. The van der Waals surface area contributed by atoms with Gasteiger partial charge >= 0.3 is 0 Å².